The molecule has 1 saturated carbocycles. The molecule has 1 aliphatic rings. The third-order valence-corrected chi connectivity index (χ3v) is 7.23. The summed E-state index contributed by atoms with van der Waals surface area (Å²) in [6.07, 6.45) is 2.18. The van der Waals surface area contributed by atoms with Gasteiger partial charge in [-0.1, -0.05) is 79.0 Å². The van der Waals surface area contributed by atoms with E-state index < -0.39 is 0 Å². The van der Waals surface area contributed by atoms with Crippen molar-refractivity contribution >= 4 is 40.8 Å². The van der Waals surface area contributed by atoms with Crippen LogP contribution in [0.3, 0.4) is 0 Å². The van der Waals surface area contributed by atoms with E-state index in [1.807, 2.05) is 30.3 Å². The molecule has 0 aliphatic heterocycles. The predicted molar refractivity (Wildman–Crippen MR) is 102 cm³/mol. The molecule has 0 spiro atoms. The second kappa shape index (κ2) is 8.36. The topological polar surface area (TPSA) is 54.9 Å². The van der Waals surface area contributed by atoms with Crippen LogP contribution in [-0.4, -0.2) is 27.9 Å². The first-order valence-corrected chi connectivity index (χ1v) is 10.8. The van der Waals surface area contributed by atoms with Gasteiger partial charge in [0, 0.05) is 11.8 Å². The Morgan fingerprint density at radius 1 is 1.25 bits per heavy atom. The lowest BCUT2D eigenvalue weighted by Gasteiger charge is -2.15. The average Bonchev–Trinajstić information content (AvgIpc) is 3.27. The van der Waals surface area contributed by atoms with Crippen molar-refractivity contribution in [2.45, 2.75) is 46.7 Å². The van der Waals surface area contributed by atoms with Gasteiger partial charge >= 0.3 is 0 Å². The Hall–Kier alpha value is -1.05. The highest BCUT2D eigenvalue weighted by Gasteiger charge is 2.29. The lowest BCUT2D eigenvalue weighted by atomic mass is 10.1. The molecule has 0 bridgehead atoms. The number of carbonyl (C=O) groups excluding carboxylic acids is 1. The zero-order valence-electron chi connectivity index (χ0n) is 13.8. The summed E-state index contributed by atoms with van der Waals surface area (Å²) in [6.45, 7) is 4.38. The van der Waals surface area contributed by atoms with Crippen molar-refractivity contribution in [3.63, 3.8) is 0 Å². The zero-order valence-corrected chi connectivity index (χ0v) is 16.2. The molecule has 0 saturated heterocycles. The normalized spacial score (nSPS) is 15.5. The summed E-state index contributed by atoms with van der Waals surface area (Å²) in [5.41, 5.74) is 1.01. The minimum Gasteiger partial charge on any atom is -0.352 e. The molecular weight excluding hydrogens is 358 g/mol. The minimum atomic E-state index is -0.275. The van der Waals surface area contributed by atoms with E-state index >= 15 is 0 Å². The van der Waals surface area contributed by atoms with E-state index in [1.54, 1.807) is 23.1 Å². The fraction of sp³-hybridized carbons (Fsp3) is 0.471. The fourth-order valence-electron chi connectivity index (χ4n) is 2.05. The maximum atomic E-state index is 12.6. The predicted octanol–water partition coefficient (Wildman–Crippen LogP) is 4.40. The van der Waals surface area contributed by atoms with Crippen molar-refractivity contribution in [1.29, 1.82) is 0 Å². The number of aromatic nitrogens is 2. The Kier molecular flexibility index (Phi) is 6.19. The summed E-state index contributed by atoms with van der Waals surface area (Å²) >= 11 is 4.80. The Labute approximate surface area is 155 Å². The van der Waals surface area contributed by atoms with E-state index in [0.29, 0.717) is 12.0 Å². The number of nitrogens with one attached hydrogen (secondary N) is 1. The van der Waals surface area contributed by atoms with Gasteiger partial charge in [-0.05, 0) is 24.3 Å². The summed E-state index contributed by atoms with van der Waals surface area (Å²) in [7, 11) is 0. The largest absolute Gasteiger partial charge is 0.352 e. The maximum Gasteiger partial charge on any atom is 0.238 e. The van der Waals surface area contributed by atoms with Crippen molar-refractivity contribution in [2.75, 3.05) is 5.75 Å². The highest BCUT2D eigenvalue weighted by atomic mass is 32.2. The average molecular weight is 380 g/mol. The molecule has 1 aromatic carbocycles. The minimum absolute atomic E-state index is 0.0697. The Morgan fingerprint density at radius 3 is 2.62 bits per heavy atom. The summed E-state index contributed by atoms with van der Waals surface area (Å²) in [4.78, 5) is 12.6. The molecule has 3 rings (SSSR count). The molecule has 1 heterocycles. The first-order chi connectivity index (χ1) is 11.6. The van der Waals surface area contributed by atoms with Crippen LogP contribution < -0.4 is 5.32 Å². The second-order valence-electron chi connectivity index (χ2n) is 6.23. The lowest BCUT2D eigenvalue weighted by Crippen LogP contribution is -2.29. The molecule has 1 fully saturated rings. The number of hydrogen-bond acceptors (Lipinski definition) is 6. The number of carbonyl (C=O) groups is 1. The summed E-state index contributed by atoms with van der Waals surface area (Å²) in [5, 5.41) is 11.3. The van der Waals surface area contributed by atoms with Gasteiger partial charge in [-0.15, -0.1) is 10.2 Å². The van der Waals surface area contributed by atoms with Gasteiger partial charge in [-0.2, -0.15) is 0 Å². The molecule has 0 radical (unpaired) electrons. The Bertz CT molecular complexity index is 671. The molecule has 4 nitrogen and oxygen atoms in total. The Morgan fingerprint density at radius 2 is 1.96 bits per heavy atom. The third-order valence-electron chi connectivity index (χ3n) is 3.41. The van der Waals surface area contributed by atoms with E-state index in [-0.39, 0.29) is 11.2 Å². The monoisotopic (exact) mass is 379 g/mol. The van der Waals surface area contributed by atoms with Crippen LogP contribution in [0, 0.1) is 5.92 Å². The summed E-state index contributed by atoms with van der Waals surface area (Å²) < 4.78 is 1.82. The molecule has 128 valence electrons. The molecule has 1 atom stereocenters. The van der Waals surface area contributed by atoms with E-state index in [2.05, 4.69) is 29.4 Å². The molecule has 24 heavy (non-hydrogen) atoms. The molecule has 1 aliphatic carbocycles. The number of hydrogen-bond donors (Lipinski definition) is 1. The van der Waals surface area contributed by atoms with Crippen LogP contribution >= 0.6 is 34.9 Å². The lowest BCUT2D eigenvalue weighted by molar-refractivity contribution is -0.120. The van der Waals surface area contributed by atoms with Crippen LogP contribution in [0.25, 0.3) is 0 Å². The highest BCUT2D eigenvalue weighted by molar-refractivity contribution is 8.03. The number of nitrogens with zero attached hydrogens (tertiary/aromatic N) is 2. The SMILES string of the molecule is CC(C)CSc1nnc(S[C@H](C(=O)NC2CC2)c2ccccc2)s1. The van der Waals surface area contributed by atoms with Crippen LogP contribution in [0.4, 0.5) is 0 Å². The number of benzene rings is 1. The van der Waals surface area contributed by atoms with Crippen LogP contribution in [0.1, 0.15) is 37.5 Å². The Balaban J connectivity index is 1.70. The van der Waals surface area contributed by atoms with Gasteiger partial charge < -0.3 is 5.32 Å². The van der Waals surface area contributed by atoms with E-state index in [1.165, 1.54) is 11.8 Å². The van der Waals surface area contributed by atoms with Gasteiger partial charge in [0.1, 0.15) is 5.25 Å². The van der Waals surface area contributed by atoms with Gasteiger partial charge in [-0.3, -0.25) is 4.79 Å². The van der Waals surface area contributed by atoms with Crippen LogP contribution in [0.5, 0.6) is 0 Å². The van der Waals surface area contributed by atoms with Crippen molar-refractivity contribution in [3.8, 4) is 0 Å². The second-order valence-corrected chi connectivity index (χ2v) is 9.83. The van der Waals surface area contributed by atoms with Crippen LogP contribution in [-0.2, 0) is 4.79 Å². The quantitative estimate of drug-likeness (QED) is 0.689. The van der Waals surface area contributed by atoms with Crippen LogP contribution in [0.2, 0.25) is 0 Å². The number of amides is 1. The number of thioether (sulfide) groups is 2. The molecule has 1 N–H and O–H groups in total. The van der Waals surface area contributed by atoms with Gasteiger partial charge in [0.15, 0.2) is 8.68 Å². The summed E-state index contributed by atoms with van der Waals surface area (Å²) in [6, 6.07) is 10.3. The van der Waals surface area contributed by atoms with Crippen molar-refractivity contribution in [3.05, 3.63) is 35.9 Å². The van der Waals surface area contributed by atoms with Gasteiger partial charge in [0.05, 0.1) is 0 Å². The molecule has 1 amide bonds. The molecule has 1 aromatic heterocycles. The van der Waals surface area contributed by atoms with Crippen molar-refractivity contribution in [1.82, 2.24) is 15.5 Å². The molecular formula is C17H21N3OS3. The zero-order chi connectivity index (χ0) is 16.9. The smallest absolute Gasteiger partial charge is 0.238 e. The van der Waals surface area contributed by atoms with E-state index in [9.17, 15) is 4.79 Å². The first-order valence-electron chi connectivity index (χ1n) is 8.10. The standard InChI is InChI=1S/C17H21N3OS3/c1-11(2)10-22-16-19-20-17(24-16)23-14(12-6-4-3-5-7-12)15(21)18-13-8-9-13/h3-7,11,13-14H,8-10H2,1-2H3,(H,18,21)/t14-/m0/s1. The maximum absolute atomic E-state index is 12.6. The summed E-state index contributed by atoms with van der Waals surface area (Å²) in [5.74, 6) is 1.72. The van der Waals surface area contributed by atoms with Crippen molar-refractivity contribution in [2.24, 2.45) is 5.92 Å². The molecule has 0 unspecified atom stereocenters. The van der Waals surface area contributed by atoms with Crippen molar-refractivity contribution < 1.29 is 4.79 Å². The van der Waals surface area contributed by atoms with E-state index in [0.717, 1.165) is 32.8 Å². The van der Waals surface area contributed by atoms with Gasteiger partial charge in [0.2, 0.25) is 5.91 Å². The fourth-order valence-corrected chi connectivity index (χ4v) is 5.25. The molecule has 7 heteroatoms. The number of rotatable bonds is 8. The van der Waals surface area contributed by atoms with Crippen LogP contribution in [0.15, 0.2) is 39.0 Å². The molecule has 2 aromatic rings. The first kappa shape index (κ1) is 17.8. The van der Waals surface area contributed by atoms with E-state index in [4.69, 9.17) is 0 Å². The highest BCUT2D eigenvalue weighted by Crippen LogP contribution is 2.39. The van der Waals surface area contributed by atoms with Gasteiger partial charge in [-0.25, -0.2) is 0 Å². The third kappa shape index (κ3) is 5.22. The van der Waals surface area contributed by atoms with Gasteiger partial charge in [0.25, 0.3) is 0 Å².